The van der Waals surface area contributed by atoms with Crippen LogP contribution >= 0.6 is 0 Å². The number of pyridine rings is 2. The van der Waals surface area contributed by atoms with Gasteiger partial charge in [0.25, 0.3) is 0 Å². The lowest BCUT2D eigenvalue weighted by Crippen LogP contribution is -2.49. The Bertz CT molecular complexity index is 1730. The smallest absolute Gasteiger partial charge is 0.332 e. The molecule has 5 unspecified atom stereocenters. The van der Waals surface area contributed by atoms with Crippen molar-refractivity contribution in [3.8, 4) is 22.9 Å². The lowest BCUT2D eigenvalue weighted by molar-refractivity contribution is -0.163. The van der Waals surface area contributed by atoms with E-state index in [0.29, 0.717) is 34.8 Å². The molecule has 5 atom stereocenters. The van der Waals surface area contributed by atoms with E-state index >= 15 is 0 Å². The molecule has 0 saturated heterocycles. The first-order chi connectivity index (χ1) is 22.7. The molecule has 3 aromatic rings. The minimum absolute atomic E-state index is 0.185. The fraction of sp³-hybridized carbons (Fsp3) is 0.500. The molecule has 5 rings (SSSR count). The van der Waals surface area contributed by atoms with Crippen molar-refractivity contribution in [2.75, 3.05) is 13.7 Å². The number of methoxy groups -OCH3 is 1. The molecule has 1 amide bonds. The molecule has 1 N–H and O–H groups in total. The highest BCUT2D eigenvalue weighted by atomic mass is 16.6. The number of esters is 2. The molecule has 10 heteroatoms. The van der Waals surface area contributed by atoms with Gasteiger partial charge in [-0.1, -0.05) is 26.0 Å². The van der Waals surface area contributed by atoms with Crippen LogP contribution in [0.2, 0.25) is 0 Å². The van der Waals surface area contributed by atoms with Gasteiger partial charge in [-0.25, -0.2) is 9.78 Å². The number of benzene rings is 1. The fourth-order valence-corrected chi connectivity index (χ4v) is 6.51. The Morgan fingerprint density at radius 2 is 1.79 bits per heavy atom. The Hall–Kier alpha value is -4.47. The molecule has 256 valence electrons. The number of carbonyl (C=O) groups is 3. The van der Waals surface area contributed by atoms with Crippen LogP contribution in [0.25, 0.3) is 22.3 Å². The van der Waals surface area contributed by atoms with Gasteiger partial charge in [-0.3, -0.25) is 14.6 Å². The number of fused-ring (bicyclic) bond motifs is 1. The lowest BCUT2D eigenvalue weighted by atomic mass is 9.94. The summed E-state index contributed by atoms with van der Waals surface area (Å²) in [5.41, 5.74) is 1.90. The highest BCUT2D eigenvalue weighted by Gasteiger charge is 2.62. The summed E-state index contributed by atoms with van der Waals surface area (Å²) in [7, 11) is 1.62. The lowest BCUT2D eigenvalue weighted by Gasteiger charge is -2.25. The zero-order valence-electron chi connectivity index (χ0n) is 29.2. The summed E-state index contributed by atoms with van der Waals surface area (Å²) >= 11 is 0. The van der Waals surface area contributed by atoms with Crippen molar-refractivity contribution in [2.45, 2.75) is 90.9 Å². The highest BCUT2D eigenvalue weighted by molar-refractivity contribution is 5.95. The van der Waals surface area contributed by atoms with E-state index in [2.05, 4.69) is 25.7 Å². The number of aromatic nitrogens is 2. The van der Waals surface area contributed by atoms with Crippen LogP contribution in [0.3, 0.4) is 0 Å². The average Bonchev–Trinajstić information content (AvgIpc) is 3.59. The van der Waals surface area contributed by atoms with E-state index in [1.807, 2.05) is 43.3 Å². The summed E-state index contributed by atoms with van der Waals surface area (Å²) in [6, 6.07) is 11.5. The van der Waals surface area contributed by atoms with Crippen molar-refractivity contribution in [1.82, 2.24) is 15.3 Å². The van der Waals surface area contributed by atoms with Crippen LogP contribution in [0.15, 0.2) is 49.1 Å². The number of ether oxygens (including phenoxy) is 4. The van der Waals surface area contributed by atoms with Crippen molar-refractivity contribution in [3.05, 3.63) is 60.3 Å². The molecule has 2 saturated carbocycles. The van der Waals surface area contributed by atoms with Gasteiger partial charge in [0.2, 0.25) is 5.91 Å². The summed E-state index contributed by atoms with van der Waals surface area (Å²) in [6.07, 6.45) is 2.02. The zero-order valence-corrected chi connectivity index (χ0v) is 29.2. The summed E-state index contributed by atoms with van der Waals surface area (Å²) < 4.78 is 23.4. The van der Waals surface area contributed by atoms with Crippen molar-refractivity contribution in [1.29, 1.82) is 0 Å². The number of aryl methyl sites for hydroxylation is 1. The Labute approximate surface area is 282 Å². The van der Waals surface area contributed by atoms with E-state index in [4.69, 9.17) is 28.9 Å². The van der Waals surface area contributed by atoms with E-state index in [-0.39, 0.29) is 31.3 Å². The second-order valence-corrected chi connectivity index (χ2v) is 14.1. The predicted molar refractivity (Wildman–Crippen MR) is 183 cm³/mol. The third-order valence-corrected chi connectivity index (χ3v) is 9.14. The normalized spacial score (nSPS) is 23.4. The van der Waals surface area contributed by atoms with E-state index in [9.17, 15) is 14.4 Å². The van der Waals surface area contributed by atoms with Gasteiger partial charge in [0.1, 0.15) is 28.7 Å². The molecule has 0 spiro atoms. The Balaban J connectivity index is 1.51. The fourth-order valence-electron chi connectivity index (χ4n) is 6.51. The largest absolute Gasteiger partial charge is 0.496 e. The molecule has 2 aliphatic rings. The van der Waals surface area contributed by atoms with Gasteiger partial charge in [0, 0.05) is 28.6 Å². The average molecular weight is 658 g/mol. The molecule has 0 bridgehead atoms. The van der Waals surface area contributed by atoms with E-state index < -0.39 is 46.9 Å². The summed E-state index contributed by atoms with van der Waals surface area (Å²) in [4.78, 5) is 50.3. The molecular weight excluding hydrogens is 610 g/mol. The van der Waals surface area contributed by atoms with Crippen LogP contribution < -0.4 is 14.8 Å². The minimum atomic E-state index is -1.18. The van der Waals surface area contributed by atoms with Gasteiger partial charge >= 0.3 is 11.9 Å². The van der Waals surface area contributed by atoms with Crippen molar-refractivity contribution >= 4 is 28.7 Å². The Morgan fingerprint density at radius 1 is 1.06 bits per heavy atom. The quantitative estimate of drug-likeness (QED) is 0.182. The van der Waals surface area contributed by atoms with Gasteiger partial charge in [0.15, 0.2) is 0 Å². The maximum Gasteiger partial charge on any atom is 0.332 e. The number of carbonyl (C=O) groups excluding carboxylic acids is 3. The molecule has 2 fully saturated rings. The zero-order chi connectivity index (χ0) is 35.0. The van der Waals surface area contributed by atoms with E-state index in [1.165, 1.54) is 0 Å². The van der Waals surface area contributed by atoms with E-state index in [1.54, 1.807) is 40.9 Å². The summed E-state index contributed by atoms with van der Waals surface area (Å²) in [6.45, 7) is 17.2. The van der Waals surface area contributed by atoms with Crippen LogP contribution in [0.1, 0.15) is 78.0 Å². The Kier molecular flexibility index (Phi) is 9.85. The molecular formula is C38H47N3O7. The predicted octanol–water partition coefficient (Wildman–Crippen LogP) is 6.48. The van der Waals surface area contributed by atoms with Crippen LogP contribution in [0.4, 0.5) is 0 Å². The van der Waals surface area contributed by atoms with Gasteiger partial charge in [-0.15, -0.1) is 6.58 Å². The monoisotopic (exact) mass is 657 g/mol. The number of hydrogen-bond acceptors (Lipinski definition) is 9. The first kappa shape index (κ1) is 34.9. The van der Waals surface area contributed by atoms with Crippen molar-refractivity contribution in [2.24, 2.45) is 17.8 Å². The van der Waals surface area contributed by atoms with Gasteiger partial charge in [-0.05, 0) is 84.1 Å². The van der Waals surface area contributed by atoms with Crippen LogP contribution in [-0.4, -0.2) is 58.8 Å². The number of amides is 1. The van der Waals surface area contributed by atoms with Crippen molar-refractivity contribution in [3.63, 3.8) is 0 Å². The molecule has 1 aromatic carbocycles. The standard InChI is InChI=1S/C38H47N3O7/c1-10-23-20-38(23,36(44)46-11-2)41-34(42)26-17-24(18-27(26)35(43)48-37(6,7)8)47-32-19-30(29-14-12-13-28(39-29)21(3)4)40-33-22(5)31(45-9)16-15-25(32)33/h10,12-16,19,21,23-24,26-27H,1,11,17-18,20H2,2-9H3,(H,41,42). The maximum absolute atomic E-state index is 14.0. The third kappa shape index (κ3) is 7.03. The molecule has 10 nitrogen and oxygen atoms in total. The van der Waals surface area contributed by atoms with Gasteiger partial charge in [-0.2, -0.15) is 0 Å². The van der Waals surface area contributed by atoms with Gasteiger partial charge < -0.3 is 24.3 Å². The minimum Gasteiger partial charge on any atom is -0.496 e. The molecule has 0 radical (unpaired) electrons. The first-order valence-corrected chi connectivity index (χ1v) is 16.7. The molecule has 0 aliphatic heterocycles. The highest BCUT2D eigenvalue weighted by Crippen LogP contribution is 2.47. The second kappa shape index (κ2) is 13.6. The van der Waals surface area contributed by atoms with Crippen LogP contribution in [-0.2, 0) is 23.9 Å². The number of rotatable bonds is 11. The van der Waals surface area contributed by atoms with E-state index in [0.717, 1.165) is 16.6 Å². The molecule has 2 aromatic heterocycles. The number of nitrogens with zero attached hydrogens (tertiary/aromatic N) is 2. The van der Waals surface area contributed by atoms with Crippen molar-refractivity contribution < 1.29 is 33.3 Å². The summed E-state index contributed by atoms with van der Waals surface area (Å²) in [5, 5.41) is 3.71. The number of hydrogen-bond donors (Lipinski definition) is 1. The molecule has 48 heavy (non-hydrogen) atoms. The SMILES string of the molecule is C=CC1CC1(NC(=O)C1CC(Oc2cc(-c3cccc(C(C)C)n3)nc3c(C)c(OC)ccc23)CC1C(=O)OC(C)(C)C)C(=O)OCC. The first-order valence-electron chi connectivity index (χ1n) is 16.7. The van der Waals surface area contributed by atoms with Gasteiger partial charge in [0.05, 0.1) is 42.5 Å². The topological polar surface area (TPSA) is 126 Å². The molecule has 2 aliphatic carbocycles. The summed E-state index contributed by atoms with van der Waals surface area (Å²) in [5.74, 6) is -1.74. The third-order valence-electron chi connectivity index (χ3n) is 9.14. The van der Waals surface area contributed by atoms with Crippen LogP contribution in [0.5, 0.6) is 11.5 Å². The maximum atomic E-state index is 14.0. The Morgan fingerprint density at radius 3 is 2.42 bits per heavy atom. The number of nitrogens with one attached hydrogen (secondary N) is 1. The van der Waals surface area contributed by atoms with Crippen LogP contribution in [0, 0.1) is 24.7 Å². The molecule has 2 heterocycles. The second-order valence-electron chi connectivity index (χ2n) is 14.1.